The molecule has 0 aromatic heterocycles. The number of fused-ring (bicyclic) bond motifs is 1. The fourth-order valence-electron chi connectivity index (χ4n) is 5.09. The lowest BCUT2D eigenvalue weighted by Crippen LogP contribution is -2.52. The van der Waals surface area contributed by atoms with Crippen molar-refractivity contribution in [1.29, 1.82) is 0 Å². The largest absolute Gasteiger partial charge is 0.322 e. The van der Waals surface area contributed by atoms with Gasteiger partial charge in [0.15, 0.2) is 0 Å². The van der Waals surface area contributed by atoms with E-state index in [1.54, 1.807) is 4.90 Å². The zero-order valence-corrected chi connectivity index (χ0v) is 15.9. The van der Waals surface area contributed by atoms with Crippen molar-refractivity contribution in [2.24, 2.45) is 11.3 Å². The highest BCUT2D eigenvalue weighted by Gasteiger charge is 2.51. The van der Waals surface area contributed by atoms with E-state index in [2.05, 4.69) is 22.0 Å². The standard InChI is InChI=1S/C21H26N4O3/c26-18-5-4-17(19(27)24-18)25-11-16-13(2-1-3-15(16)20(25)28)8-22-9-14-10-23-12-21(14)6-7-21/h1-3,14,17,22-23H,4-12H2,(H,24,26,27). The zero-order valence-electron chi connectivity index (χ0n) is 15.9. The lowest BCUT2D eigenvalue weighted by Gasteiger charge is -2.29. The lowest BCUT2D eigenvalue weighted by molar-refractivity contribution is -0.136. The highest BCUT2D eigenvalue weighted by molar-refractivity contribution is 6.05. The molecule has 1 aromatic carbocycles. The fraction of sp³-hybridized carbons (Fsp3) is 0.571. The number of hydrogen-bond donors (Lipinski definition) is 3. The van der Waals surface area contributed by atoms with Crippen molar-refractivity contribution in [2.75, 3.05) is 19.6 Å². The van der Waals surface area contributed by atoms with Gasteiger partial charge in [-0.1, -0.05) is 12.1 Å². The summed E-state index contributed by atoms with van der Waals surface area (Å²) in [4.78, 5) is 38.1. The van der Waals surface area contributed by atoms with Crippen molar-refractivity contribution in [1.82, 2.24) is 20.9 Å². The molecule has 3 N–H and O–H groups in total. The van der Waals surface area contributed by atoms with Crippen molar-refractivity contribution in [2.45, 2.75) is 44.8 Å². The van der Waals surface area contributed by atoms with Crippen molar-refractivity contribution in [3.63, 3.8) is 0 Å². The average molecular weight is 382 g/mol. The molecule has 4 aliphatic rings. The minimum absolute atomic E-state index is 0.108. The van der Waals surface area contributed by atoms with Gasteiger partial charge in [-0.25, -0.2) is 0 Å². The third-order valence-electron chi connectivity index (χ3n) is 7.01. The number of nitrogens with zero attached hydrogens (tertiary/aromatic N) is 1. The van der Waals surface area contributed by atoms with E-state index in [-0.39, 0.29) is 24.1 Å². The lowest BCUT2D eigenvalue weighted by atomic mass is 9.93. The first-order chi connectivity index (χ1) is 13.6. The van der Waals surface area contributed by atoms with Crippen LogP contribution in [0.4, 0.5) is 0 Å². The quantitative estimate of drug-likeness (QED) is 0.647. The molecule has 3 amide bonds. The van der Waals surface area contributed by atoms with Crippen molar-refractivity contribution in [3.8, 4) is 0 Å². The monoisotopic (exact) mass is 382 g/mol. The molecular formula is C21H26N4O3. The van der Waals surface area contributed by atoms with Crippen molar-refractivity contribution < 1.29 is 14.4 Å². The van der Waals surface area contributed by atoms with Gasteiger partial charge in [0.05, 0.1) is 0 Å². The molecule has 3 heterocycles. The molecule has 28 heavy (non-hydrogen) atoms. The number of hydrogen-bond acceptors (Lipinski definition) is 5. The summed E-state index contributed by atoms with van der Waals surface area (Å²) in [6.45, 7) is 4.39. The van der Waals surface area contributed by atoms with E-state index in [4.69, 9.17) is 0 Å². The van der Waals surface area contributed by atoms with Gasteiger partial charge >= 0.3 is 0 Å². The summed E-state index contributed by atoms with van der Waals surface area (Å²) in [5.74, 6) is -0.0418. The molecule has 1 saturated carbocycles. The maximum absolute atomic E-state index is 12.9. The molecule has 1 spiro atoms. The molecule has 1 aliphatic carbocycles. The van der Waals surface area contributed by atoms with Crippen LogP contribution < -0.4 is 16.0 Å². The van der Waals surface area contributed by atoms with Gasteiger partial charge in [0, 0.05) is 38.2 Å². The van der Waals surface area contributed by atoms with Crippen LogP contribution in [0.2, 0.25) is 0 Å². The molecule has 0 radical (unpaired) electrons. The minimum Gasteiger partial charge on any atom is -0.322 e. The van der Waals surface area contributed by atoms with Crippen molar-refractivity contribution >= 4 is 17.7 Å². The first kappa shape index (κ1) is 17.8. The Kier molecular flexibility index (Phi) is 4.25. The number of piperidine rings is 1. The highest BCUT2D eigenvalue weighted by Crippen LogP contribution is 2.53. The van der Waals surface area contributed by atoms with E-state index in [1.807, 2.05) is 12.1 Å². The molecule has 7 nitrogen and oxygen atoms in total. The molecule has 148 valence electrons. The van der Waals surface area contributed by atoms with E-state index in [0.717, 1.165) is 37.3 Å². The van der Waals surface area contributed by atoms with E-state index < -0.39 is 6.04 Å². The van der Waals surface area contributed by atoms with Crippen LogP contribution >= 0.6 is 0 Å². The van der Waals surface area contributed by atoms with Crippen molar-refractivity contribution in [3.05, 3.63) is 34.9 Å². The van der Waals surface area contributed by atoms with Crippen LogP contribution in [0, 0.1) is 11.3 Å². The van der Waals surface area contributed by atoms with Gasteiger partial charge in [-0.15, -0.1) is 0 Å². The molecule has 3 aliphatic heterocycles. The minimum atomic E-state index is -0.558. The van der Waals surface area contributed by atoms with Crippen LogP contribution in [0.1, 0.15) is 47.2 Å². The smallest absolute Gasteiger partial charge is 0.255 e. The first-order valence-electron chi connectivity index (χ1n) is 10.2. The van der Waals surface area contributed by atoms with E-state index >= 15 is 0 Å². The van der Waals surface area contributed by atoms with Gasteiger partial charge in [0.2, 0.25) is 11.8 Å². The van der Waals surface area contributed by atoms with E-state index in [1.165, 1.54) is 12.8 Å². The van der Waals surface area contributed by atoms with E-state index in [9.17, 15) is 14.4 Å². The van der Waals surface area contributed by atoms with Gasteiger partial charge < -0.3 is 15.5 Å². The molecule has 2 saturated heterocycles. The Bertz CT molecular complexity index is 848. The summed E-state index contributed by atoms with van der Waals surface area (Å²) in [5.41, 5.74) is 3.35. The molecule has 1 aromatic rings. The van der Waals surface area contributed by atoms with Gasteiger partial charge in [-0.2, -0.15) is 0 Å². The van der Waals surface area contributed by atoms with Gasteiger partial charge in [0.25, 0.3) is 5.91 Å². The normalized spacial score (nSPS) is 28.0. The Morgan fingerprint density at radius 3 is 2.86 bits per heavy atom. The third kappa shape index (κ3) is 2.93. The predicted molar refractivity (Wildman–Crippen MR) is 102 cm³/mol. The second-order valence-corrected chi connectivity index (χ2v) is 8.66. The Hall–Kier alpha value is -2.25. The third-order valence-corrected chi connectivity index (χ3v) is 7.01. The summed E-state index contributed by atoms with van der Waals surface area (Å²) >= 11 is 0. The van der Waals surface area contributed by atoms with Crippen LogP contribution in [0.15, 0.2) is 18.2 Å². The van der Waals surface area contributed by atoms with Gasteiger partial charge in [-0.3, -0.25) is 19.7 Å². The maximum Gasteiger partial charge on any atom is 0.255 e. The van der Waals surface area contributed by atoms with Crippen LogP contribution in [0.5, 0.6) is 0 Å². The molecular weight excluding hydrogens is 356 g/mol. The second kappa shape index (κ2) is 6.67. The molecule has 5 rings (SSSR count). The van der Waals surface area contributed by atoms with E-state index in [0.29, 0.717) is 29.9 Å². The fourth-order valence-corrected chi connectivity index (χ4v) is 5.09. The molecule has 2 atom stereocenters. The molecule has 0 bridgehead atoms. The molecule has 3 fully saturated rings. The number of imide groups is 1. The Morgan fingerprint density at radius 2 is 2.07 bits per heavy atom. The Morgan fingerprint density at radius 1 is 1.21 bits per heavy atom. The predicted octanol–water partition coefficient (Wildman–Crippen LogP) is 0.537. The highest BCUT2D eigenvalue weighted by atomic mass is 16.2. The molecule has 7 heteroatoms. The number of carbonyl (C=O) groups is 3. The molecule has 2 unspecified atom stereocenters. The summed E-state index contributed by atoms with van der Waals surface area (Å²) in [6.07, 6.45) is 3.35. The summed E-state index contributed by atoms with van der Waals surface area (Å²) < 4.78 is 0. The first-order valence-corrected chi connectivity index (χ1v) is 10.2. The maximum atomic E-state index is 12.9. The Balaban J connectivity index is 1.27. The van der Waals surface area contributed by atoms with Crippen LogP contribution in [0.25, 0.3) is 0 Å². The van der Waals surface area contributed by atoms with Crippen LogP contribution in [-0.2, 0) is 22.7 Å². The SMILES string of the molecule is O=C1CCC(N2Cc3c(CNCC4CNCC45CC5)cccc3C2=O)C(=O)N1. The van der Waals surface area contributed by atoms with Gasteiger partial charge in [-0.05, 0) is 54.3 Å². The number of benzene rings is 1. The van der Waals surface area contributed by atoms with Crippen LogP contribution in [0.3, 0.4) is 0 Å². The number of rotatable bonds is 5. The summed E-state index contributed by atoms with van der Waals surface area (Å²) in [5, 5.41) is 9.47. The number of carbonyl (C=O) groups excluding carboxylic acids is 3. The second-order valence-electron chi connectivity index (χ2n) is 8.66. The topological polar surface area (TPSA) is 90.5 Å². The summed E-state index contributed by atoms with van der Waals surface area (Å²) in [7, 11) is 0. The zero-order chi connectivity index (χ0) is 19.3. The summed E-state index contributed by atoms with van der Waals surface area (Å²) in [6, 6.07) is 5.26. The van der Waals surface area contributed by atoms with Crippen LogP contribution in [-0.4, -0.2) is 48.3 Å². The number of amides is 3. The number of nitrogens with one attached hydrogen (secondary N) is 3. The average Bonchev–Trinajstić information content (AvgIpc) is 3.23. The van der Waals surface area contributed by atoms with Gasteiger partial charge in [0.1, 0.15) is 6.04 Å². The Labute approximate surface area is 164 Å².